The van der Waals surface area contributed by atoms with Gasteiger partial charge in [-0.25, -0.2) is 0 Å². The largest absolute Gasteiger partial charge is 0.342 e. The van der Waals surface area contributed by atoms with Gasteiger partial charge in [0.15, 0.2) is 11.0 Å². The molecule has 1 N–H and O–H groups in total. The first-order valence-electron chi connectivity index (χ1n) is 9.18. The Hall–Kier alpha value is -2.02. The Kier molecular flexibility index (Phi) is 7.22. The molecule has 0 saturated carbocycles. The zero-order valence-electron chi connectivity index (χ0n) is 16.4. The van der Waals surface area contributed by atoms with Crippen molar-refractivity contribution < 1.29 is 4.79 Å². The van der Waals surface area contributed by atoms with E-state index in [1.807, 2.05) is 49.7 Å². The summed E-state index contributed by atoms with van der Waals surface area (Å²) in [6.07, 6.45) is 0. The Morgan fingerprint density at radius 2 is 1.79 bits per heavy atom. The molecular weight excluding hydrogens is 427 g/mol. The first kappa shape index (κ1) is 21.7. The van der Waals surface area contributed by atoms with Gasteiger partial charge in [-0.15, -0.1) is 10.2 Å². The molecule has 8 heteroatoms. The van der Waals surface area contributed by atoms with Crippen LogP contribution in [0.3, 0.4) is 0 Å². The lowest BCUT2D eigenvalue weighted by Gasteiger charge is -2.22. The average molecular weight is 449 g/mol. The number of aromatic nitrogens is 3. The van der Waals surface area contributed by atoms with Crippen molar-refractivity contribution in [3.05, 3.63) is 75.5 Å². The highest BCUT2D eigenvalue weighted by Gasteiger charge is 2.25. The van der Waals surface area contributed by atoms with Crippen molar-refractivity contribution in [2.45, 2.75) is 30.8 Å². The lowest BCUT2D eigenvalue weighted by atomic mass is 10.0. The van der Waals surface area contributed by atoms with E-state index in [4.69, 9.17) is 23.2 Å². The van der Waals surface area contributed by atoms with Crippen LogP contribution in [-0.4, -0.2) is 20.7 Å². The van der Waals surface area contributed by atoms with Crippen molar-refractivity contribution in [3.63, 3.8) is 0 Å². The van der Waals surface area contributed by atoms with Crippen LogP contribution in [0, 0.1) is 5.92 Å². The van der Waals surface area contributed by atoms with Crippen molar-refractivity contribution in [2.24, 2.45) is 13.0 Å². The van der Waals surface area contributed by atoms with E-state index in [2.05, 4.69) is 15.5 Å². The summed E-state index contributed by atoms with van der Waals surface area (Å²) in [6, 6.07) is 14.4. The van der Waals surface area contributed by atoms with Crippen LogP contribution in [0.1, 0.15) is 41.6 Å². The van der Waals surface area contributed by atoms with Crippen LogP contribution < -0.4 is 5.32 Å². The molecule has 2 aromatic carbocycles. The number of hydrogen-bond donors (Lipinski definition) is 1. The molecule has 5 nitrogen and oxygen atoms in total. The predicted molar refractivity (Wildman–Crippen MR) is 119 cm³/mol. The van der Waals surface area contributed by atoms with Gasteiger partial charge in [-0.05, 0) is 35.7 Å². The van der Waals surface area contributed by atoms with Gasteiger partial charge < -0.3 is 9.88 Å². The normalized spacial score (nSPS) is 12.2. The molecule has 152 valence electrons. The Morgan fingerprint density at radius 1 is 1.10 bits per heavy atom. The highest BCUT2D eigenvalue weighted by atomic mass is 35.5. The topological polar surface area (TPSA) is 59.8 Å². The van der Waals surface area contributed by atoms with E-state index < -0.39 is 0 Å². The Bertz CT molecular complexity index is 989. The second-order valence-electron chi connectivity index (χ2n) is 6.99. The number of benzene rings is 2. The predicted octanol–water partition coefficient (Wildman–Crippen LogP) is 5.54. The summed E-state index contributed by atoms with van der Waals surface area (Å²) in [6.45, 7) is 4.07. The van der Waals surface area contributed by atoms with Crippen molar-refractivity contribution in [1.82, 2.24) is 20.1 Å². The minimum atomic E-state index is -0.291. The number of nitrogens with one attached hydrogen (secondary N) is 1. The summed E-state index contributed by atoms with van der Waals surface area (Å²) in [5, 5.41) is 13.7. The average Bonchev–Trinajstić information content (AvgIpc) is 3.06. The number of carbonyl (C=O) groups is 1. The van der Waals surface area contributed by atoms with Gasteiger partial charge in [-0.2, -0.15) is 0 Å². The van der Waals surface area contributed by atoms with Gasteiger partial charge >= 0.3 is 0 Å². The quantitative estimate of drug-likeness (QED) is 0.481. The first-order chi connectivity index (χ1) is 13.9. The maximum Gasteiger partial charge on any atom is 0.253 e. The fraction of sp³-hybridized carbons (Fsp3) is 0.286. The number of amides is 1. The van der Waals surface area contributed by atoms with E-state index in [-0.39, 0.29) is 17.9 Å². The van der Waals surface area contributed by atoms with Crippen molar-refractivity contribution in [3.8, 4) is 0 Å². The van der Waals surface area contributed by atoms with Gasteiger partial charge in [0, 0.05) is 17.8 Å². The number of hydrogen-bond acceptors (Lipinski definition) is 4. The maximum atomic E-state index is 12.7. The van der Waals surface area contributed by atoms with Gasteiger partial charge in [0.05, 0.1) is 16.6 Å². The molecule has 3 aromatic rings. The van der Waals surface area contributed by atoms with Crippen LogP contribution in [0.2, 0.25) is 10.0 Å². The van der Waals surface area contributed by atoms with Gasteiger partial charge in [-0.3, -0.25) is 4.79 Å². The Labute approximate surface area is 184 Å². The molecule has 0 spiro atoms. The van der Waals surface area contributed by atoms with E-state index in [1.165, 1.54) is 0 Å². The second kappa shape index (κ2) is 9.65. The smallest absolute Gasteiger partial charge is 0.253 e. The third kappa shape index (κ3) is 5.32. The van der Waals surface area contributed by atoms with Crippen LogP contribution in [0.25, 0.3) is 0 Å². The maximum absolute atomic E-state index is 12.7. The summed E-state index contributed by atoms with van der Waals surface area (Å²) in [7, 11) is 1.91. The summed E-state index contributed by atoms with van der Waals surface area (Å²) in [5.74, 6) is 1.35. The van der Waals surface area contributed by atoms with E-state index >= 15 is 0 Å². The second-order valence-corrected chi connectivity index (χ2v) is 8.78. The molecule has 0 aliphatic carbocycles. The van der Waals surface area contributed by atoms with E-state index in [1.54, 1.807) is 36.0 Å². The fourth-order valence-corrected chi connectivity index (χ4v) is 4.07. The summed E-state index contributed by atoms with van der Waals surface area (Å²) in [5.41, 5.74) is 1.59. The first-order valence-corrected chi connectivity index (χ1v) is 10.9. The van der Waals surface area contributed by atoms with Gasteiger partial charge in [0.25, 0.3) is 5.91 Å². The zero-order chi connectivity index (χ0) is 21.0. The molecule has 0 aliphatic rings. The molecule has 29 heavy (non-hydrogen) atoms. The van der Waals surface area contributed by atoms with E-state index in [9.17, 15) is 4.79 Å². The molecular formula is C21H22Cl2N4OS. The minimum absolute atomic E-state index is 0.124. The Balaban J connectivity index is 1.75. The lowest BCUT2D eigenvalue weighted by molar-refractivity contribution is 0.0922. The fourth-order valence-electron chi connectivity index (χ4n) is 2.84. The minimum Gasteiger partial charge on any atom is -0.342 e. The zero-order valence-corrected chi connectivity index (χ0v) is 18.7. The summed E-state index contributed by atoms with van der Waals surface area (Å²) < 4.78 is 1.93. The SMILES string of the molecule is CC(C)[C@@H](NC(=O)c1ccccc1Cl)c1nnc(SCc2ccc(Cl)cc2)n1C. The third-order valence-electron chi connectivity index (χ3n) is 4.50. The van der Waals surface area contributed by atoms with Gasteiger partial charge in [0.2, 0.25) is 0 Å². The molecule has 0 aliphatic heterocycles. The number of carbonyl (C=O) groups excluding carboxylic acids is 1. The monoisotopic (exact) mass is 448 g/mol. The van der Waals surface area contributed by atoms with Crippen LogP contribution in [0.4, 0.5) is 0 Å². The van der Waals surface area contributed by atoms with Gasteiger partial charge in [-0.1, -0.05) is 73.1 Å². The van der Waals surface area contributed by atoms with Crippen molar-refractivity contribution in [1.29, 1.82) is 0 Å². The summed E-state index contributed by atoms with van der Waals surface area (Å²) in [4.78, 5) is 12.7. The van der Waals surface area contributed by atoms with Crippen LogP contribution in [0.15, 0.2) is 53.7 Å². The molecule has 3 rings (SSSR count). The van der Waals surface area contributed by atoms with Gasteiger partial charge in [0.1, 0.15) is 0 Å². The lowest BCUT2D eigenvalue weighted by Crippen LogP contribution is -2.33. The molecule has 0 unspecified atom stereocenters. The molecule has 0 fully saturated rings. The highest BCUT2D eigenvalue weighted by Crippen LogP contribution is 2.27. The number of thioether (sulfide) groups is 1. The number of halogens is 2. The highest BCUT2D eigenvalue weighted by molar-refractivity contribution is 7.98. The van der Waals surface area contributed by atoms with E-state index in [0.29, 0.717) is 21.4 Å². The molecule has 0 bridgehead atoms. The van der Waals surface area contributed by atoms with Crippen LogP contribution >= 0.6 is 35.0 Å². The summed E-state index contributed by atoms with van der Waals surface area (Å²) >= 11 is 13.7. The van der Waals surface area contributed by atoms with E-state index in [0.717, 1.165) is 16.5 Å². The standard InChI is InChI=1S/C21H22Cl2N4OS/c1-13(2)18(24-20(28)16-6-4-5-7-17(16)23)19-25-26-21(27(19)3)29-12-14-8-10-15(22)11-9-14/h4-11,13,18H,12H2,1-3H3,(H,24,28)/t18-/m1/s1. The third-order valence-corrected chi connectivity index (χ3v) is 6.17. The molecule has 1 amide bonds. The number of rotatable bonds is 7. The molecule has 0 saturated heterocycles. The Morgan fingerprint density at radius 3 is 2.45 bits per heavy atom. The van der Waals surface area contributed by atoms with Crippen molar-refractivity contribution in [2.75, 3.05) is 0 Å². The molecule has 1 heterocycles. The van der Waals surface area contributed by atoms with Crippen LogP contribution in [0.5, 0.6) is 0 Å². The van der Waals surface area contributed by atoms with Crippen LogP contribution in [-0.2, 0) is 12.8 Å². The molecule has 1 aromatic heterocycles. The van der Waals surface area contributed by atoms with Crippen molar-refractivity contribution >= 4 is 40.9 Å². The molecule has 0 radical (unpaired) electrons. The molecule has 1 atom stereocenters. The number of nitrogens with zero attached hydrogens (tertiary/aromatic N) is 3.